The van der Waals surface area contributed by atoms with Gasteiger partial charge < -0.3 is 15.2 Å². The highest BCUT2D eigenvalue weighted by Gasteiger charge is 2.25. The molecule has 0 aromatic carbocycles. The van der Waals surface area contributed by atoms with Crippen LogP contribution in [0.4, 0.5) is 0 Å². The normalized spacial score (nSPS) is 24.8. The van der Waals surface area contributed by atoms with Gasteiger partial charge >= 0.3 is 0 Å². The van der Waals surface area contributed by atoms with Gasteiger partial charge in [0.25, 0.3) is 0 Å². The zero-order valence-electron chi connectivity index (χ0n) is 15.5. The van der Waals surface area contributed by atoms with Crippen molar-refractivity contribution in [3.63, 3.8) is 0 Å². The lowest BCUT2D eigenvalue weighted by molar-refractivity contribution is -0.123. The Morgan fingerprint density at radius 2 is 2.28 bits per heavy atom. The first-order valence-corrected chi connectivity index (χ1v) is 9.65. The van der Waals surface area contributed by atoms with Crippen molar-refractivity contribution in [1.82, 2.24) is 25.7 Å². The van der Waals surface area contributed by atoms with E-state index in [1.165, 1.54) is 0 Å². The van der Waals surface area contributed by atoms with Crippen LogP contribution >= 0.6 is 0 Å². The quantitative estimate of drug-likeness (QED) is 0.773. The first-order chi connectivity index (χ1) is 12.1. The maximum Gasteiger partial charge on any atom is 0.240 e. The SMILES string of the molecule is CC(C)Cc1noc(CN2CCCC(CNC(=O)C3CCCN3)C2)n1. The summed E-state index contributed by atoms with van der Waals surface area (Å²) in [7, 11) is 0. The summed E-state index contributed by atoms with van der Waals surface area (Å²) >= 11 is 0. The van der Waals surface area contributed by atoms with Crippen LogP contribution in [0.15, 0.2) is 4.52 Å². The molecule has 0 saturated carbocycles. The summed E-state index contributed by atoms with van der Waals surface area (Å²) in [5, 5.41) is 10.4. The third kappa shape index (κ3) is 5.51. The number of hydrogen-bond donors (Lipinski definition) is 2. The van der Waals surface area contributed by atoms with Crippen molar-refractivity contribution in [1.29, 1.82) is 0 Å². The molecular formula is C18H31N5O2. The van der Waals surface area contributed by atoms with Crippen molar-refractivity contribution < 1.29 is 9.32 Å². The molecule has 0 spiro atoms. The Morgan fingerprint density at radius 3 is 3.04 bits per heavy atom. The van der Waals surface area contributed by atoms with Crippen LogP contribution in [0.25, 0.3) is 0 Å². The van der Waals surface area contributed by atoms with E-state index in [2.05, 4.69) is 39.5 Å². The second kappa shape index (κ2) is 8.76. The van der Waals surface area contributed by atoms with Gasteiger partial charge in [-0.05, 0) is 50.6 Å². The third-order valence-electron chi connectivity index (χ3n) is 5.00. The highest BCUT2D eigenvalue weighted by molar-refractivity contribution is 5.81. The summed E-state index contributed by atoms with van der Waals surface area (Å²) in [6.07, 6.45) is 5.22. The lowest BCUT2D eigenvalue weighted by Gasteiger charge is -2.32. The van der Waals surface area contributed by atoms with Gasteiger partial charge in [0.2, 0.25) is 11.8 Å². The van der Waals surface area contributed by atoms with Crippen molar-refractivity contribution in [2.75, 3.05) is 26.2 Å². The van der Waals surface area contributed by atoms with Crippen LogP contribution in [0, 0.1) is 11.8 Å². The highest BCUT2D eigenvalue weighted by Crippen LogP contribution is 2.18. The fourth-order valence-electron chi connectivity index (χ4n) is 3.73. The fourth-order valence-corrected chi connectivity index (χ4v) is 3.73. The van der Waals surface area contributed by atoms with Gasteiger partial charge in [-0.2, -0.15) is 4.98 Å². The van der Waals surface area contributed by atoms with E-state index in [4.69, 9.17) is 4.52 Å². The number of rotatable bonds is 7. The second-order valence-electron chi connectivity index (χ2n) is 7.84. The predicted molar refractivity (Wildman–Crippen MR) is 94.9 cm³/mol. The number of carbonyl (C=O) groups excluding carboxylic acids is 1. The van der Waals surface area contributed by atoms with Crippen LogP contribution in [0.3, 0.4) is 0 Å². The summed E-state index contributed by atoms with van der Waals surface area (Å²) < 4.78 is 5.39. The maximum absolute atomic E-state index is 12.1. The van der Waals surface area contributed by atoms with Crippen LogP contribution < -0.4 is 10.6 Å². The molecule has 3 heterocycles. The van der Waals surface area contributed by atoms with Crippen LogP contribution in [0.1, 0.15) is 51.2 Å². The van der Waals surface area contributed by atoms with E-state index in [-0.39, 0.29) is 11.9 Å². The maximum atomic E-state index is 12.1. The molecule has 1 amide bonds. The Hall–Kier alpha value is -1.47. The van der Waals surface area contributed by atoms with E-state index in [0.29, 0.717) is 24.3 Å². The summed E-state index contributed by atoms with van der Waals surface area (Å²) in [5.74, 6) is 2.69. The van der Waals surface area contributed by atoms with E-state index in [1.54, 1.807) is 0 Å². The van der Waals surface area contributed by atoms with Crippen LogP contribution in [0.2, 0.25) is 0 Å². The molecule has 2 N–H and O–H groups in total. The average Bonchev–Trinajstić information content (AvgIpc) is 3.25. The number of hydrogen-bond acceptors (Lipinski definition) is 6. The van der Waals surface area contributed by atoms with E-state index in [0.717, 1.165) is 64.1 Å². The average molecular weight is 349 g/mol. The molecule has 3 rings (SSSR count). The summed E-state index contributed by atoms with van der Waals surface area (Å²) in [4.78, 5) is 19.0. The zero-order valence-corrected chi connectivity index (χ0v) is 15.5. The molecule has 7 heteroatoms. The van der Waals surface area contributed by atoms with Crippen LogP contribution in [-0.4, -0.2) is 53.2 Å². The second-order valence-corrected chi connectivity index (χ2v) is 7.84. The number of carbonyl (C=O) groups is 1. The lowest BCUT2D eigenvalue weighted by atomic mass is 9.98. The number of nitrogens with one attached hydrogen (secondary N) is 2. The Bertz CT molecular complexity index is 553. The largest absolute Gasteiger partial charge is 0.354 e. The zero-order chi connectivity index (χ0) is 17.6. The van der Waals surface area contributed by atoms with Crippen LogP contribution in [0.5, 0.6) is 0 Å². The minimum absolute atomic E-state index is 0.0115. The molecule has 2 unspecified atom stereocenters. The van der Waals surface area contributed by atoms with Crippen molar-refractivity contribution >= 4 is 5.91 Å². The van der Waals surface area contributed by atoms with Gasteiger partial charge in [0, 0.05) is 19.5 Å². The van der Waals surface area contributed by atoms with E-state index < -0.39 is 0 Å². The van der Waals surface area contributed by atoms with Crippen LogP contribution in [-0.2, 0) is 17.8 Å². The Kier molecular flexibility index (Phi) is 6.42. The molecule has 2 aliphatic rings. The van der Waals surface area contributed by atoms with Gasteiger partial charge in [0.05, 0.1) is 12.6 Å². The molecule has 25 heavy (non-hydrogen) atoms. The Morgan fingerprint density at radius 1 is 1.40 bits per heavy atom. The highest BCUT2D eigenvalue weighted by atomic mass is 16.5. The number of piperidine rings is 1. The molecule has 140 valence electrons. The monoisotopic (exact) mass is 349 g/mol. The van der Waals surface area contributed by atoms with Gasteiger partial charge in [-0.25, -0.2) is 0 Å². The van der Waals surface area contributed by atoms with E-state index in [1.807, 2.05) is 0 Å². The molecule has 0 bridgehead atoms. The molecule has 0 radical (unpaired) electrons. The topological polar surface area (TPSA) is 83.3 Å². The van der Waals surface area contributed by atoms with E-state index >= 15 is 0 Å². The molecule has 2 saturated heterocycles. The molecule has 2 fully saturated rings. The third-order valence-corrected chi connectivity index (χ3v) is 5.00. The lowest BCUT2D eigenvalue weighted by Crippen LogP contribution is -2.45. The number of amides is 1. The molecule has 7 nitrogen and oxygen atoms in total. The molecule has 0 aliphatic carbocycles. The van der Waals surface area contributed by atoms with Crippen molar-refractivity contribution in [3.05, 3.63) is 11.7 Å². The van der Waals surface area contributed by atoms with Gasteiger partial charge in [-0.3, -0.25) is 9.69 Å². The van der Waals surface area contributed by atoms with Crippen molar-refractivity contribution in [2.24, 2.45) is 11.8 Å². The minimum Gasteiger partial charge on any atom is -0.354 e. The van der Waals surface area contributed by atoms with Crippen molar-refractivity contribution in [2.45, 2.75) is 58.5 Å². The summed E-state index contributed by atoms with van der Waals surface area (Å²) in [6, 6.07) is 0.0115. The predicted octanol–water partition coefficient (Wildman–Crippen LogP) is 1.35. The van der Waals surface area contributed by atoms with Gasteiger partial charge in [0.1, 0.15) is 0 Å². The first-order valence-electron chi connectivity index (χ1n) is 9.65. The van der Waals surface area contributed by atoms with Gasteiger partial charge in [-0.1, -0.05) is 19.0 Å². The van der Waals surface area contributed by atoms with Crippen molar-refractivity contribution in [3.8, 4) is 0 Å². The van der Waals surface area contributed by atoms with Gasteiger partial charge in [-0.15, -0.1) is 0 Å². The number of aromatic nitrogens is 2. The minimum atomic E-state index is 0.0115. The standard InChI is InChI=1S/C18H31N5O2/c1-13(2)9-16-21-17(25-22-16)12-23-8-4-5-14(11-23)10-20-18(24)15-6-3-7-19-15/h13-15,19H,3-12H2,1-2H3,(H,20,24). The summed E-state index contributed by atoms with van der Waals surface area (Å²) in [5.41, 5.74) is 0. The molecule has 1 aromatic rings. The fraction of sp³-hybridized carbons (Fsp3) is 0.833. The number of nitrogens with zero attached hydrogens (tertiary/aromatic N) is 3. The van der Waals surface area contributed by atoms with Gasteiger partial charge in [0.15, 0.2) is 5.82 Å². The Balaban J connectivity index is 1.43. The molecule has 2 atom stereocenters. The molecule has 1 aromatic heterocycles. The summed E-state index contributed by atoms with van der Waals surface area (Å²) in [6.45, 7) is 8.76. The smallest absolute Gasteiger partial charge is 0.240 e. The molecular weight excluding hydrogens is 318 g/mol. The first kappa shape index (κ1) is 18.3. The number of likely N-dealkylation sites (tertiary alicyclic amines) is 1. The Labute approximate surface area is 149 Å². The van der Waals surface area contributed by atoms with E-state index in [9.17, 15) is 4.79 Å². The molecule has 2 aliphatic heterocycles.